The van der Waals surface area contributed by atoms with E-state index in [1.54, 1.807) is 0 Å². The molecule has 0 bridgehead atoms. The highest BCUT2D eigenvalue weighted by Crippen LogP contribution is 2.15. The van der Waals surface area contributed by atoms with Gasteiger partial charge < -0.3 is 4.90 Å². The predicted molar refractivity (Wildman–Crippen MR) is 88.0 cm³/mol. The largest absolute Gasteiger partial charge is 0.341 e. The maximum atomic E-state index is 4.59. The van der Waals surface area contributed by atoms with Crippen molar-refractivity contribution in [2.24, 2.45) is 0 Å². The van der Waals surface area contributed by atoms with Crippen molar-refractivity contribution in [2.75, 3.05) is 18.0 Å². The number of allylic oxidation sites excluding steroid dienone is 2. The zero-order valence-corrected chi connectivity index (χ0v) is 12.0. The van der Waals surface area contributed by atoms with Gasteiger partial charge in [0.1, 0.15) is 0 Å². The highest BCUT2D eigenvalue weighted by atomic mass is 15.3. The Morgan fingerprint density at radius 2 is 1.67 bits per heavy atom. The fraction of sp³-hybridized carbons (Fsp3) is 0.222. The second-order valence-corrected chi connectivity index (χ2v) is 5.10. The lowest BCUT2D eigenvalue weighted by molar-refractivity contribution is 0.896. The van der Waals surface area contributed by atoms with Crippen LogP contribution in [-0.4, -0.2) is 23.1 Å². The van der Waals surface area contributed by atoms with Gasteiger partial charge in [-0.3, -0.25) is 0 Å². The average Bonchev–Trinajstić information content (AvgIpc) is 3.07. The summed E-state index contributed by atoms with van der Waals surface area (Å²) in [6.45, 7) is 2.14. The molecular formula is C18H19N3. The van der Waals surface area contributed by atoms with Crippen LogP contribution in [-0.2, 0) is 0 Å². The molecule has 106 valence electrons. The first kappa shape index (κ1) is 13.6. The van der Waals surface area contributed by atoms with Crippen LogP contribution >= 0.6 is 0 Å². The van der Waals surface area contributed by atoms with Crippen LogP contribution in [0.5, 0.6) is 0 Å². The van der Waals surface area contributed by atoms with Gasteiger partial charge in [0.2, 0.25) is 5.95 Å². The normalized spacial score (nSPS) is 15.3. The van der Waals surface area contributed by atoms with Crippen molar-refractivity contribution in [2.45, 2.75) is 12.8 Å². The zero-order valence-electron chi connectivity index (χ0n) is 12.0. The average molecular weight is 277 g/mol. The molecule has 1 aliphatic heterocycles. The first-order chi connectivity index (χ1) is 10.4. The van der Waals surface area contributed by atoms with Crippen molar-refractivity contribution >= 4 is 18.1 Å². The van der Waals surface area contributed by atoms with Crippen LogP contribution in [0, 0.1) is 0 Å². The van der Waals surface area contributed by atoms with Crippen LogP contribution in [0.3, 0.4) is 0 Å². The summed E-state index contributed by atoms with van der Waals surface area (Å²) >= 11 is 0. The van der Waals surface area contributed by atoms with Gasteiger partial charge in [0.25, 0.3) is 0 Å². The number of hydrogen-bond acceptors (Lipinski definition) is 3. The van der Waals surface area contributed by atoms with E-state index in [0.29, 0.717) is 0 Å². The van der Waals surface area contributed by atoms with Gasteiger partial charge in [-0.15, -0.1) is 0 Å². The molecule has 0 amide bonds. The topological polar surface area (TPSA) is 29.0 Å². The first-order valence-corrected chi connectivity index (χ1v) is 7.40. The summed E-state index contributed by atoms with van der Waals surface area (Å²) < 4.78 is 0. The molecule has 3 nitrogen and oxygen atoms in total. The van der Waals surface area contributed by atoms with E-state index in [1.165, 1.54) is 18.4 Å². The lowest BCUT2D eigenvalue weighted by Crippen LogP contribution is -2.20. The molecule has 2 heterocycles. The van der Waals surface area contributed by atoms with Crippen LogP contribution < -0.4 is 4.90 Å². The van der Waals surface area contributed by atoms with Crippen molar-refractivity contribution in [1.29, 1.82) is 0 Å². The van der Waals surface area contributed by atoms with E-state index in [-0.39, 0.29) is 0 Å². The monoisotopic (exact) mass is 277 g/mol. The van der Waals surface area contributed by atoms with Crippen LogP contribution in [0.15, 0.2) is 54.7 Å². The molecule has 1 aromatic carbocycles. The molecule has 0 N–H and O–H groups in total. The van der Waals surface area contributed by atoms with Gasteiger partial charge in [-0.05, 0) is 30.5 Å². The number of nitrogens with zero attached hydrogens (tertiary/aromatic N) is 3. The Morgan fingerprint density at radius 1 is 0.905 bits per heavy atom. The summed E-state index contributed by atoms with van der Waals surface area (Å²) in [6, 6.07) is 12.2. The molecule has 2 aromatic rings. The van der Waals surface area contributed by atoms with Crippen molar-refractivity contribution < 1.29 is 0 Å². The number of rotatable bonds is 4. The number of aromatic nitrogens is 2. The van der Waals surface area contributed by atoms with Crippen molar-refractivity contribution in [3.63, 3.8) is 0 Å². The number of anilines is 1. The quantitative estimate of drug-likeness (QED) is 0.796. The highest BCUT2D eigenvalue weighted by molar-refractivity contribution is 5.55. The molecule has 21 heavy (non-hydrogen) atoms. The van der Waals surface area contributed by atoms with Gasteiger partial charge in [0, 0.05) is 19.3 Å². The third-order valence-corrected chi connectivity index (χ3v) is 3.52. The Bertz CT molecular complexity index is 626. The lowest BCUT2D eigenvalue weighted by Gasteiger charge is -2.14. The van der Waals surface area contributed by atoms with E-state index in [1.807, 2.05) is 48.7 Å². The van der Waals surface area contributed by atoms with E-state index in [9.17, 15) is 0 Å². The molecule has 3 heteroatoms. The second kappa shape index (κ2) is 6.84. The molecule has 0 atom stereocenters. The van der Waals surface area contributed by atoms with Crippen LogP contribution in [0.1, 0.15) is 24.1 Å². The van der Waals surface area contributed by atoms with E-state index in [2.05, 4.69) is 33.1 Å². The maximum absolute atomic E-state index is 4.59. The number of benzene rings is 1. The van der Waals surface area contributed by atoms with Crippen LogP contribution in [0.25, 0.3) is 12.2 Å². The standard InChI is InChI=1S/C18H19N3/c1-2-8-16(9-3-1)10-4-5-11-17-12-13-19-18(20-17)21-14-6-7-15-21/h1-5,8-13H,6-7,14-15H2/b10-4-,11-5+. The van der Waals surface area contributed by atoms with Crippen molar-refractivity contribution in [3.8, 4) is 0 Å². The third kappa shape index (κ3) is 3.78. The molecular weight excluding hydrogens is 258 g/mol. The zero-order chi connectivity index (χ0) is 14.3. The Balaban J connectivity index is 1.65. The van der Waals surface area contributed by atoms with Gasteiger partial charge in [0.15, 0.2) is 0 Å². The van der Waals surface area contributed by atoms with Crippen molar-refractivity contribution in [3.05, 3.63) is 66.0 Å². The molecule has 1 saturated heterocycles. The fourth-order valence-electron chi connectivity index (χ4n) is 2.41. The van der Waals surface area contributed by atoms with E-state index in [4.69, 9.17) is 0 Å². The fourth-order valence-corrected chi connectivity index (χ4v) is 2.41. The molecule has 0 unspecified atom stereocenters. The number of hydrogen-bond donors (Lipinski definition) is 0. The summed E-state index contributed by atoms with van der Waals surface area (Å²) in [6.07, 6.45) is 12.5. The summed E-state index contributed by atoms with van der Waals surface area (Å²) in [7, 11) is 0. The molecule has 0 radical (unpaired) electrons. The van der Waals surface area contributed by atoms with Gasteiger partial charge >= 0.3 is 0 Å². The van der Waals surface area contributed by atoms with Gasteiger partial charge in [-0.2, -0.15) is 0 Å². The molecule has 1 aliphatic rings. The van der Waals surface area contributed by atoms with Gasteiger partial charge in [-0.25, -0.2) is 9.97 Å². The van der Waals surface area contributed by atoms with E-state index < -0.39 is 0 Å². The minimum Gasteiger partial charge on any atom is -0.341 e. The Labute approximate surface area is 125 Å². The second-order valence-electron chi connectivity index (χ2n) is 5.10. The molecule has 3 rings (SSSR count). The van der Waals surface area contributed by atoms with Crippen LogP contribution in [0.4, 0.5) is 5.95 Å². The molecule has 1 fully saturated rings. The van der Waals surface area contributed by atoms with E-state index >= 15 is 0 Å². The summed E-state index contributed by atoms with van der Waals surface area (Å²) in [4.78, 5) is 11.2. The molecule has 0 spiro atoms. The van der Waals surface area contributed by atoms with Crippen LogP contribution in [0.2, 0.25) is 0 Å². The Morgan fingerprint density at radius 3 is 2.48 bits per heavy atom. The highest BCUT2D eigenvalue weighted by Gasteiger charge is 2.14. The SMILES string of the molecule is C(=C/c1ccccc1)/C=C/c1ccnc(N2CCCC2)n1. The third-order valence-electron chi connectivity index (χ3n) is 3.52. The summed E-state index contributed by atoms with van der Waals surface area (Å²) in [5.74, 6) is 0.849. The smallest absolute Gasteiger partial charge is 0.225 e. The molecule has 0 saturated carbocycles. The lowest BCUT2D eigenvalue weighted by atomic mass is 10.2. The van der Waals surface area contributed by atoms with Crippen molar-refractivity contribution in [1.82, 2.24) is 9.97 Å². The summed E-state index contributed by atoms with van der Waals surface area (Å²) in [5.41, 5.74) is 2.15. The Hall–Kier alpha value is -2.42. The first-order valence-electron chi connectivity index (χ1n) is 7.40. The predicted octanol–water partition coefficient (Wildman–Crippen LogP) is 3.80. The van der Waals surface area contributed by atoms with E-state index in [0.717, 1.165) is 24.7 Å². The molecule has 1 aromatic heterocycles. The van der Waals surface area contributed by atoms with Gasteiger partial charge in [0.05, 0.1) is 5.69 Å². The molecule has 0 aliphatic carbocycles. The maximum Gasteiger partial charge on any atom is 0.225 e. The Kier molecular flexibility index (Phi) is 4.42. The summed E-state index contributed by atoms with van der Waals surface area (Å²) in [5, 5.41) is 0. The van der Waals surface area contributed by atoms with Gasteiger partial charge in [-0.1, -0.05) is 48.6 Å². The minimum absolute atomic E-state index is 0.849. The minimum atomic E-state index is 0.849.